The van der Waals surface area contributed by atoms with E-state index in [0.717, 1.165) is 12.8 Å². The van der Waals surface area contributed by atoms with E-state index in [4.69, 9.17) is 0 Å². The Morgan fingerprint density at radius 2 is 2.19 bits per heavy atom. The monoisotopic (exact) mass is 313 g/mol. The van der Waals surface area contributed by atoms with Gasteiger partial charge < -0.3 is 10.4 Å². The fourth-order valence-corrected chi connectivity index (χ4v) is 2.73. The molecular weight excluding hydrogens is 290 g/mol. The minimum absolute atomic E-state index is 0.0543. The minimum Gasteiger partial charge on any atom is -0.393 e. The molecule has 0 bridgehead atoms. The first kappa shape index (κ1) is 16.2. The Morgan fingerprint density at radius 3 is 2.81 bits per heavy atom. The first-order valence-corrected chi connectivity index (χ1v) is 8.27. The summed E-state index contributed by atoms with van der Waals surface area (Å²) in [6.45, 7) is 6.24. The molecule has 1 saturated carbocycles. The summed E-state index contributed by atoms with van der Waals surface area (Å²) in [6, 6.07) is 0.402. The van der Waals surface area contributed by atoms with Crippen molar-refractivity contribution in [1.29, 1.82) is 0 Å². The predicted octanol–water partition coefficient (Wildman–Crippen LogP) is 1.01. The average Bonchev–Trinajstić information content (AvgIpc) is 3.18. The van der Waals surface area contributed by atoms with Crippen LogP contribution in [0.1, 0.15) is 46.1 Å². The molecule has 2 atom stereocenters. The number of rotatable bonds is 8. The minimum atomic E-state index is -0.379. The van der Waals surface area contributed by atoms with Crippen LogP contribution in [0.5, 0.6) is 0 Å². The second-order valence-electron chi connectivity index (χ2n) is 5.79. The number of aliphatic hydroxyl groups excluding tert-OH is 1. The molecule has 1 fully saturated rings. The zero-order chi connectivity index (χ0) is 15.4. The second-order valence-corrected chi connectivity index (χ2v) is 7.10. The lowest BCUT2D eigenvalue weighted by Gasteiger charge is -2.16. The lowest BCUT2D eigenvalue weighted by molar-refractivity contribution is -0.120. The van der Waals surface area contributed by atoms with Gasteiger partial charge in [-0.05, 0) is 42.5 Å². The number of tetrazole rings is 1. The number of hydrogen-bond donors (Lipinski definition) is 2. The van der Waals surface area contributed by atoms with Gasteiger partial charge in [0.25, 0.3) is 0 Å². The molecule has 1 aliphatic carbocycles. The molecule has 1 aromatic heterocycles. The van der Waals surface area contributed by atoms with Gasteiger partial charge >= 0.3 is 0 Å². The van der Waals surface area contributed by atoms with Crippen LogP contribution in [-0.2, 0) is 4.79 Å². The number of aliphatic hydroxyl groups is 1. The van der Waals surface area contributed by atoms with Crippen molar-refractivity contribution in [2.75, 3.05) is 6.54 Å². The fraction of sp³-hybridized carbons (Fsp3) is 0.846. The Balaban J connectivity index is 1.76. The van der Waals surface area contributed by atoms with Crippen LogP contribution in [0.3, 0.4) is 0 Å². The van der Waals surface area contributed by atoms with Gasteiger partial charge in [-0.1, -0.05) is 25.6 Å². The molecule has 1 heterocycles. The van der Waals surface area contributed by atoms with Crippen LogP contribution in [0.25, 0.3) is 0 Å². The number of carbonyl (C=O) groups excluding carboxylic acids is 1. The topological polar surface area (TPSA) is 92.9 Å². The first-order valence-electron chi connectivity index (χ1n) is 7.39. The third kappa shape index (κ3) is 4.67. The van der Waals surface area contributed by atoms with Crippen molar-refractivity contribution in [3.63, 3.8) is 0 Å². The van der Waals surface area contributed by atoms with Crippen LogP contribution in [0, 0.1) is 5.92 Å². The summed E-state index contributed by atoms with van der Waals surface area (Å²) in [7, 11) is 0. The number of nitrogens with one attached hydrogen (secondary N) is 1. The highest BCUT2D eigenvalue weighted by molar-refractivity contribution is 8.00. The highest BCUT2D eigenvalue weighted by Gasteiger charge is 2.29. The van der Waals surface area contributed by atoms with Gasteiger partial charge in [0.05, 0.1) is 17.4 Å². The number of hydrogen-bond acceptors (Lipinski definition) is 6. The van der Waals surface area contributed by atoms with Gasteiger partial charge in [0.1, 0.15) is 0 Å². The number of thioether (sulfide) groups is 1. The van der Waals surface area contributed by atoms with Crippen molar-refractivity contribution in [2.24, 2.45) is 5.92 Å². The van der Waals surface area contributed by atoms with E-state index < -0.39 is 0 Å². The number of carbonyl (C=O) groups is 1. The summed E-state index contributed by atoms with van der Waals surface area (Å²) in [4.78, 5) is 12.0. The zero-order valence-electron chi connectivity index (χ0n) is 12.7. The van der Waals surface area contributed by atoms with Crippen LogP contribution < -0.4 is 5.32 Å². The van der Waals surface area contributed by atoms with Crippen LogP contribution in [-0.4, -0.2) is 49.1 Å². The van der Waals surface area contributed by atoms with Crippen molar-refractivity contribution < 1.29 is 9.90 Å². The van der Waals surface area contributed by atoms with E-state index in [2.05, 4.69) is 20.8 Å². The van der Waals surface area contributed by atoms with Crippen molar-refractivity contribution >= 4 is 17.7 Å². The molecule has 1 amide bonds. The molecule has 0 aliphatic heterocycles. The summed E-state index contributed by atoms with van der Waals surface area (Å²) in [5, 5.41) is 24.6. The molecule has 1 aromatic rings. The van der Waals surface area contributed by atoms with Crippen molar-refractivity contribution in [3.05, 3.63) is 0 Å². The SMILES string of the molecule is CC(Sc1nnnn1C1CC1)C(=O)NCCC(O)C(C)C. The van der Waals surface area contributed by atoms with Gasteiger partial charge in [-0.2, -0.15) is 0 Å². The highest BCUT2D eigenvalue weighted by atomic mass is 32.2. The third-order valence-electron chi connectivity index (χ3n) is 3.52. The van der Waals surface area contributed by atoms with E-state index in [0.29, 0.717) is 24.2 Å². The van der Waals surface area contributed by atoms with Gasteiger partial charge in [-0.3, -0.25) is 4.79 Å². The Hall–Kier alpha value is -1.15. The molecule has 2 N–H and O–H groups in total. The second kappa shape index (κ2) is 7.22. The molecule has 0 spiro atoms. The standard InChI is InChI=1S/C13H23N5O2S/c1-8(2)11(19)6-7-14-12(20)9(3)21-13-15-16-17-18(13)10-4-5-10/h8-11,19H,4-7H2,1-3H3,(H,14,20). The molecule has 7 nitrogen and oxygen atoms in total. The molecule has 0 saturated heterocycles. The molecular formula is C13H23N5O2S. The molecule has 0 aromatic carbocycles. The van der Waals surface area contributed by atoms with Crippen LogP contribution in [0.2, 0.25) is 0 Å². The molecule has 0 radical (unpaired) electrons. The largest absolute Gasteiger partial charge is 0.393 e. The molecule has 21 heavy (non-hydrogen) atoms. The van der Waals surface area contributed by atoms with E-state index in [1.165, 1.54) is 11.8 Å². The Morgan fingerprint density at radius 1 is 1.48 bits per heavy atom. The molecule has 8 heteroatoms. The first-order chi connectivity index (χ1) is 9.99. The number of amides is 1. The summed E-state index contributed by atoms with van der Waals surface area (Å²) >= 11 is 1.37. The molecule has 1 aliphatic rings. The van der Waals surface area contributed by atoms with E-state index in [9.17, 15) is 9.90 Å². The van der Waals surface area contributed by atoms with Gasteiger partial charge in [0.15, 0.2) is 0 Å². The van der Waals surface area contributed by atoms with Crippen molar-refractivity contribution in [1.82, 2.24) is 25.5 Å². The summed E-state index contributed by atoms with van der Waals surface area (Å²) in [5.74, 6) is 0.151. The van der Waals surface area contributed by atoms with Crippen molar-refractivity contribution in [2.45, 2.75) is 62.6 Å². The van der Waals surface area contributed by atoms with Crippen LogP contribution in [0.15, 0.2) is 5.16 Å². The molecule has 118 valence electrons. The van der Waals surface area contributed by atoms with Crippen LogP contribution in [0.4, 0.5) is 0 Å². The summed E-state index contributed by atoms with van der Waals surface area (Å²) in [5.41, 5.74) is 0. The number of aromatic nitrogens is 4. The lowest BCUT2D eigenvalue weighted by atomic mass is 10.0. The fourth-order valence-electron chi connectivity index (χ4n) is 1.84. The molecule has 2 unspecified atom stereocenters. The van der Waals surface area contributed by atoms with E-state index in [1.54, 1.807) is 4.68 Å². The maximum atomic E-state index is 12.0. The molecule has 2 rings (SSSR count). The maximum Gasteiger partial charge on any atom is 0.233 e. The van der Waals surface area contributed by atoms with Gasteiger partial charge in [0.2, 0.25) is 11.1 Å². The average molecular weight is 313 g/mol. The zero-order valence-corrected chi connectivity index (χ0v) is 13.5. The summed E-state index contributed by atoms with van der Waals surface area (Å²) in [6.07, 6.45) is 2.40. The Labute approximate surface area is 128 Å². The smallest absolute Gasteiger partial charge is 0.233 e. The van der Waals surface area contributed by atoms with Gasteiger partial charge in [-0.15, -0.1) is 5.10 Å². The van der Waals surface area contributed by atoms with Crippen molar-refractivity contribution in [3.8, 4) is 0 Å². The number of nitrogens with zero attached hydrogens (tertiary/aromatic N) is 4. The van der Waals surface area contributed by atoms with Crippen LogP contribution >= 0.6 is 11.8 Å². The quantitative estimate of drug-likeness (QED) is 0.696. The highest BCUT2D eigenvalue weighted by Crippen LogP contribution is 2.37. The maximum absolute atomic E-state index is 12.0. The van der Waals surface area contributed by atoms with E-state index in [1.807, 2.05) is 20.8 Å². The van der Waals surface area contributed by atoms with E-state index in [-0.39, 0.29) is 23.2 Å². The third-order valence-corrected chi connectivity index (χ3v) is 4.56. The van der Waals surface area contributed by atoms with Gasteiger partial charge in [-0.25, -0.2) is 4.68 Å². The predicted molar refractivity (Wildman–Crippen MR) is 79.9 cm³/mol. The Bertz CT molecular complexity index is 475. The normalized spacial score (nSPS) is 17.8. The summed E-state index contributed by atoms with van der Waals surface area (Å²) < 4.78 is 1.80. The lowest BCUT2D eigenvalue weighted by Crippen LogP contribution is -2.34. The van der Waals surface area contributed by atoms with E-state index >= 15 is 0 Å². The van der Waals surface area contributed by atoms with Gasteiger partial charge in [0, 0.05) is 6.54 Å². The Kier molecular flexibility index (Phi) is 5.58.